The molecule has 17 heavy (non-hydrogen) atoms. The number of benzene rings is 1. The van der Waals surface area contributed by atoms with Crippen LogP contribution in [0.5, 0.6) is 0 Å². The number of halogens is 1. The first kappa shape index (κ1) is 12.2. The SMILES string of the molecule is CC(C)c1ccnc(Cc2ccccc2Br)n1. The Labute approximate surface area is 110 Å². The Morgan fingerprint density at radius 3 is 2.65 bits per heavy atom. The molecule has 1 aromatic heterocycles. The molecule has 1 aromatic carbocycles. The fraction of sp³-hybridized carbons (Fsp3) is 0.286. The van der Waals surface area contributed by atoms with Crippen molar-refractivity contribution in [2.75, 3.05) is 0 Å². The number of aromatic nitrogens is 2. The first-order valence-corrected chi connectivity index (χ1v) is 6.51. The summed E-state index contributed by atoms with van der Waals surface area (Å²) in [7, 11) is 0. The number of nitrogens with zero attached hydrogens (tertiary/aromatic N) is 2. The van der Waals surface area contributed by atoms with Crippen LogP contribution in [0.25, 0.3) is 0 Å². The molecule has 0 aliphatic heterocycles. The third-order valence-electron chi connectivity index (χ3n) is 2.62. The maximum Gasteiger partial charge on any atom is 0.132 e. The molecule has 2 aromatic rings. The highest BCUT2D eigenvalue weighted by molar-refractivity contribution is 9.10. The third kappa shape index (κ3) is 3.13. The summed E-state index contributed by atoms with van der Waals surface area (Å²) in [6.45, 7) is 4.29. The van der Waals surface area contributed by atoms with Crippen molar-refractivity contribution < 1.29 is 0 Å². The molecule has 0 aliphatic carbocycles. The van der Waals surface area contributed by atoms with Gasteiger partial charge < -0.3 is 0 Å². The lowest BCUT2D eigenvalue weighted by Gasteiger charge is -2.07. The summed E-state index contributed by atoms with van der Waals surface area (Å²) in [5.41, 5.74) is 2.32. The van der Waals surface area contributed by atoms with E-state index in [0.717, 1.165) is 22.4 Å². The maximum absolute atomic E-state index is 4.58. The number of hydrogen-bond acceptors (Lipinski definition) is 2. The highest BCUT2D eigenvalue weighted by Gasteiger charge is 2.05. The van der Waals surface area contributed by atoms with Gasteiger partial charge in [-0.15, -0.1) is 0 Å². The topological polar surface area (TPSA) is 25.8 Å². The van der Waals surface area contributed by atoms with Gasteiger partial charge in [0.15, 0.2) is 0 Å². The fourth-order valence-corrected chi connectivity index (χ4v) is 2.06. The molecule has 0 saturated carbocycles. The van der Waals surface area contributed by atoms with Crippen LogP contribution in [0.4, 0.5) is 0 Å². The van der Waals surface area contributed by atoms with Crippen molar-refractivity contribution >= 4 is 15.9 Å². The molecule has 0 fully saturated rings. The molecular formula is C14H15BrN2. The van der Waals surface area contributed by atoms with E-state index in [1.165, 1.54) is 5.56 Å². The van der Waals surface area contributed by atoms with Crippen molar-refractivity contribution in [2.45, 2.75) is 26.2 Å². The number of rotatable bonds is 3. The third-order valence-corrected chi connectivity index (χ3v) is 3.40. The van der Waals surface area contributed by atoms with E-state index in [1.54, 1.807) is 0 Å². The largest absolute Gasteiger partial charge is 0.241 e. The Hall–Kier alpha value is -1.22. The molecule has 0 spiro atoms. The van der Waals surface area contributed by atoms with Crippen LogP contribution in [0, 0.1) is 0 Å². The first-order valence-electron chi connectivity index (χ1n) is 5.72. The Balaban J connectivity index is 2.25. The molecule has 2 rings (SSSR count). The molecule has 0 bridgehead atoms. The van der Waals surface area contributed by atoms with Gasteiger partial charge in [-0.1, -0.05) is 48.0 Å². The summed E-state index contributed by atoms with van der Waals surface area (Å²) in [6.07, 6.45) is 2.61. The minimum atomic E-state index is 0.441. The zero-order chi connectivity index (χ0) is 12.3. The average molecular weight is 291 g/mol. The van der Waals surface area contributed by atoms with Crippen LogP contribution in [0.2, 0.25) is 0 Å². The van der Waals surface area contributed by atoms with Gasteiger partial charge in [-0.25, -0.2) is 9.97 Å². The van der Waals surface area contributed by atoms with Gasteiger partial charge in [0.2, 0.25) is 0 Å². The smallest absolute Gasteiger partial charge is 0.132 e. The molecule has 0 radical (unpaired) electrons. The van der Waals surface area contributed by atoms with Gasteiger partial charge in [0.1, 0.15) is 5.82 Å². The second-order valence-electron chi connectivity index (χ2n) is 4.32. The van der Waals surface area contributed by atoms with Crippen LogP contribution in [-0.2, 0) is 6.42 Å². The van der Waals surface area contributed by atoms with Gasteiger partial charge in [-0.3, -0.25) is 0 Å². The predicted molar refractivity (Wildman–Crippen MR) is 73.1 cm³/mol. The average Bonchev–Trinajstić information content (AvgIpc) is 2.32. The van der Waals surface area contributed by atoms with Crippen molar-refractivity contribution in [1.29, 1.82) is 0 Å². The molecule has 3 heteroatoms. The molecule has 0 amide bonds. The van der Waals surface area contributed by atoms with Crippen molar-refractivity contribution in [3.8, 4) is 0 Å². The lowest BCUT2D eigenvalue weighted by molar-refractivity contribution is 0.791. The summed E-state index contributed by atoms with van der Waals surface area (Å²) in [4.78, 5) is 8.90. The molecule has 0 N–H and O–H groups in total. The first-order chi connectivity index (χ1) is 8.16. The van der Waals surface area contributed by atoms with Gasteiger partial charge in [-0.05, 0) is 23.6 Å². The van der Waals surface area contributed by atoms with Gasteiger partial charge >= 0.3 is 0 Å². The van der Waals surface area contributed by atoms with Crippen molar-refractivity contribution in [1.82, 2.24) is 9.97 Å². The van der Waals surface area contributed by atoms with E-state index in [0.29, 0.717) is 5.92 Å². The second kappa shape index (κ2) is 5.41. The summed E-state index contributed by atoms with van der Waals surface area (Å²) in [5.74, 6) is 1.32. The van der Waals surface area contributed by atoms with E-state index in [4.69, 9.17) is 0 Å². The summed E-state index contributed by atoms with van der Waals surface area (Å²) >= 11 is 3.55. The molecule has 0 atom stereocenters. The van der Waals surface area contributed by atoms with Crippen LogP contribution < -0.4 is 0 Å². The normalized spacial score (nSPS) is 10.8. The van der Waals surface area contributed by atoms with Crippen molar-refractivity contribution in [2.24, 2.45) is 0 Å². The minimum Gasteiger partial charge on any atom is -0.241 e. The monoisotopic (exact) mass is 290 g/mol. The Morgan fingerprint density at radius 2 is 1.94 bits per heavy atom. The summed E-state index contributed by atoms with van der Waals surface area (Å²) in [5, 5.41) is 0. The van der Waals surface area contributed by atoms with Crippen LogP contribution in [0.1, 0.15) is 36.8 Å². The highest BCUT2D eigenvalue weighted by atomic mass is 79.9. The molecule has 0 aliphatic rings. The second-order valence-corrected chi connectivity index (χ2v) is 5.17. The van der Waals surface area contributed by atoms with E-state index < -0.39 is 0 Å². The molecule has 0 unspecified atom stereocenters. The summed E-state index contributed by atoms with van der Waals surface area (Å²) < 4.78 is 1.11. The highest BCUT2D eigenvalue weighted by Crippen LogP contribution is 2.19. The van der Waals surface area contributed by atoms with Crippen molar-refractivity contribution in [3.63, 3.8) is 0 Å². The van der Waals surface area contributed by atoms with Gasteiger partial charge in [-0.2, -0.15) is 0 Å². The Bertz CT molecular complexity index is 509. The van der Waals surface area contributed by atoms with Crippen LogP contribution >= 0.6 is 15.9 Å². The fourth-order valence-electron chi connectivity index (χ4n) is 1.63. The summed E-state index contributed by atoms with van der Waals surface area (Å²) in [6, 6.07) is 10.2. The quantitative estimate of drug-likeness (QED) is 0.855. The van der Waals surface area contributed by atoms with E-state index in [-0.39, 0.29) is 0 Å². The lowest BCUT2D eigenvalue weighted by atomic mass is 10.1. The van der Waals surface area contributed by atoms with Crippen LogP contribution in [-0.4, -0.2) is 9.97 Å². The Kier molecular flexibility index (Phi) is 3.89. The minimum absolute atomic E-state index is 0.441. The Morgan fingerprint density at radius 1 is 1.18 bits per heavy atom. The van der Waals surface area contributed by atoms with E-state index in [2.05, 4.69) is 45.8 Å². The van der Waals surface area contributed by atoms with Gasteiger partial charge in [0.25, 0.3) is 0 Å². The van der Waals surface area contributed by atoms with E-state index in [9.17, 15) is 0 Å². The molecular weight excluding hydrogens is 276 g/mol. The van der Waals surface area contributed by atoms with Gasteiger partial charge in [0, 0.05) is 22.8 Å². The van der Waals surface area contributed by atoms with Crippen molar-refractivity contribution in [3.05, 3.63) is 58.1 Å². The zero-order valence-corrected chi connectivity index (χ0v) is 11.6. The van der Waals surface area contributed by atoms with E-state index in [1.807, 2.05) is 30.5 Å². The zero-order valence-electron chi connectivity index (χ0n) is 10.0. The molecule has 2 nitrogen and oxygen atoms in total. The lowest BCUT2D eigenvalue weighted by Crippen LogP contribution is -2.01. The van der Waals surface area contributed by atoms with E-state index >= 15 is 0 Å². The molecule has 88 valence electrons. The standard InChI is InChI=1S/C14H15BrN2/c1-10(2)13-7-8-16-14(17-13)9-11-5-3-4-6-12(11)15/h3-8,10H,9H2,1-2H3. The van der Waals surface area contributed by atoms with Gasteiger partial charge in [0.05, 0.1) is 0 Å². The predicted octanol–water partition coefficient (Wildman–Crippen LogP) is 3.95. The maximum atomic E-state index is 4.58. The number of hydrogen-bond donors (Lipinski definition) is 0. The van der Waals surface area contributed by atoms with Crippen LogP contribution in [0.3, 0.4) is 0 Å². The van der Waals surface area contributed by atoms with Crippen LogP contribution in [0.15, 0.2) is 41.0 Å². The molecule has 1 heterocycles. The molecule has 0 saturated heterocycles.